The van der Waals surface area contributed by atoms with E-state index in [0.717, 1.165) is 36.3 Å². The topological polar surface area (TPSA) is 54.7 Å². The third kappa shape index (κ3) is 4.47. The fourth-order valence-corrected chi connectivity index (χ4v) is 3.42. The van der Waals surface area contributed by atoms with Crippen LogP contribution in [0.4, 0.5) is 0 Å². The first kappa shape index (κ1) is 18.5. The van der Waals surface area contributed by atoms with E-state index < -0.39 is 0 Å². The lowest BCUT2D eigenvalue weighted by atomic mass is 9.97. The highest BCUT2D eigenvalue weighted by Gasteiger charge is 2.27. The summed E-state index contributed by atoms with van der Waals surface area (Å²) in [7, 11) is 1.62. The van der Waals surface area contributed by atoms with Crippen molar-refractivity contribution in [1.82, 2.24) is 10.2 Å². The van der Waals surface area contributed by atoms with Gasteiger partial charge in [-0.3, -0.25) is 9.69 Å². The molecule has 2 heterocycles. The third-order valence-corrected chi connectivity index (χ3v) is 5.16. The quantitative estimate of drug-likeness (QED) is 0.855. The average Bonchev–Trinajstić information content (AvgIpc) is 3.09. The summed E-state index contributed by atoms with van der Waals surface area (Å²) in [5, 5.41) is 3.07. The third-order valence-electron chi connectivity index (χ3n) is 5.16. The maximum absolute atomic E-state index is 12.5. The van der Waals surface area contributed by atoms with E-state index in [-0.39, 0.29) is 11.9 Å². The molecular weight excluding hydrogens is 328 g/mol. The molecule has 1 unspecified atom stereocenters. The second kappa shape index (κ2) is 8.41. The SMILES string of the molecule is COc1ccc(C(=O)NCC(c2ccc(C)o2)N2CCC(C)CC2)cc1. The summed E-state index contributed by atoms with van der Waals surface area (Å²) in [5.41, 5.74) is 0.632. The predicted octanol–water partition coefficient (Wildman–Crippen LogP) is 3.80. The highest BCUT2D eigenvalue weighted by Crippen LogP contribution is 2.27. The summed E-state index contributed by atoms with van der Waals surface area (Å²) in [6, 6.07) is 11.2. The summed E-state index contributed by atoms with van der Waals surface area (Å²) in [6.45, 7) is 6.85. The summed E-state index contributed by atoms with van der Waals surface area (Å²) < 4.78 is 11.0. The number of furan rings is 1. The van der Waals surface area contributed by atoms with Crippen LogP contribution in [0.2, 0.25) is 0 Å². The van der Waals surface area contributed by atoms with E-state index in [0.29, 0.717) is 12.1 Å². The molecule has 5 nitrogen and oxygen atoms in total. The van der Waals surface area contributed by atoms with Crippen molar-refractivity contribution in [3.05, 3.63) is 53.5 Å². The number of ether oxygens (including phenoxy) is 1. The number of nitrogens with zero attached hydrogens (tertiary/aromatic N) is 1. The molecule has 1 amide bonds. The first-order valence-corrected chi connectivity index (χ1v) is 9.29. The van der Waals surface area contributed by atoms with Crippen LogP contribution < -0.4 is 10.1 Å². The molecule has 0 aliphatic carbocycles. The van der Waals surface area contributed by atoms with Gasteiger partial charge in [-0.2, -0.15) is 0 Å². The minimum Gasteiger partial charge on any atom is -0.497 e. The number of rotatable bonds is 6. The molecule has 26 heavy (non-hydrogen) atoms. The lowest BCUT2D eigenvalue weighted by Gasteiger charge is -2.35. The van der Waals surface area contributed by atoms with Crippen molar-refractivity contribution in [2.24, 2.45) is 5.92 Å². The zero-order valence-electron chi connectivity index (χ0n) is 15.8. The van der Waals surface area contributed by atoms with Crippen LogP contribution in [0.25, 0.3) is 0 Å². The molecular formula is C21H28N2O3. The number of likely N-dealkylation sites (tertiary alicyclic amines) is 1. The van der Waals surface area contributed by atoms with Crippen molar-refractivity contribution in [3.8, 4) is 5.75 Å². The summed E-state index contributed by atoms with van der Waals surface area (Å²) in [5.74, 6) is 3.25. The van der Waals surface area contributed by atoms with Gasteiger partial charge in [-0.25, -0.2) is 0 Å². The van der Waals surface area contributed by atoms with Crippen LogP contribution in [-0.2, 0) is 0 Å². The Labute approximate surface area is 155 Å². The number of carbonyl (C=O) groups excluding carboxylic acids is 1. The number of nitrogens with one attached hydrogen (secondary N) is 1. The van der Waals surface area contributed by atoms with Crippen LogP contribution in [0.3, 0.4) is 0 Å². The van der Waals surface area contributed by atoms with Gasteiger partial charge in [0.1, 0.15) is 17.3 Å². The van der Waals surface area contributed by atoms with Gasteiger partial charge in [-0.15, -0.1) is 0 Å². The molecule has 2 aromatic rings. The molecule has 0 saturated carbocycles. The Morgan fingerprint density at radius 2 is 1.92 bits per heavy atom. The van der Waals surface area contributed by atoms with Crippen molar-refractivity contribution in [1.29, 1.82) is 0 Å². The van der Waals surface area contributed by atoms with Gasteiger partial charge < -0.3 is 14.5 Å². The van der Waals surface area contributed by atoms with Crippen molar-refractivity contribution in [2.45, 2.75) is 32.7 Å². The fraction of sp³-hybridized carbons (Fsp3) is 0.476. The smallest absolute Gasteiger partial charge is 0.251 e. The molecule has 3 rings (SSSR count). The Bertz CT molecular complexity index is 715. The Balaban J connectivity index is 1.67. The van der Waals surface area contributed by atoms with Crippen molar-refractivity contribution in [3.63, 3.8) is 0 Å². The Morgan fingerprint density at radius 1 is 1.23 bits per heavy atom. The molecule has 0 spiro atoms. The Kier molecular flexibility index (Phi) is 5.99. The van der Waals surface area contributed by atoms with E-state index >= 15 is 0 Å². The van der Waals surface area contributed by atoms with Crippen molar-refractivity contribution >= 4 is 5.91 Å². The van der Waals surface area contributed by atoms with E-state index in [1.165, 1.54) is 12.8 Å². The van der Waals surface area contributed by atoms with Gasteiger partial charge in [-0.1, -0.05) is 6.92 Å². The number of aryl methyl sites for hydroxylation is 1. The number of hydrogen-bond donors (Lipinski definition) is 1. The number of amides is 1. The molecule has 5 heteroatoms. The van der Waals surface area contributed by atoms with E-state index in [9.17, 15) is 4.79 Å². The lowest BCUT2D eigenvalue weighted by molar-refractivity contribution is 0.0895. The molecule has 1 saturated heterocycles. The van der Waals surface area contributed by atoms with E-state index in [2.05, 4.69) is 17.1 Å². The zero-order valence-corrected chi connectivity index (χ0v) is 15.8. The standard InChI is InChI=1S/C21H28N2O3/c1-15-10-12-23(13-11-15)19(20-9-4-16(2)26-20)14-22-21(24)17-5-7-18(25-3)8-6-17/h4-9,15,19H,10-14H2,1-3H3,(H,22,24). The van der Waals surface area contributed by atoms with Crippen molar-refractivity contribution in [2.75, 3.05) is 26.7 Å². The highest BCUT2D eigenvalue weighted by atomic mass is 16.5. The monoisotopic (exact) mass is 356 g/mol. The maximum atomic E-state index is 12.5. The van der Waals surface area contributed by atoms with Gasteiger partial charge in [0.15, 0.2) is 0 Å². The summed E-state index contributed by atoms with van der Waals surface area (Å²) in [6.07, 6.45) is 2.37. The van der Waals surface area contributed by atoms with Gasteiger partial charge >= 0.3 is 0 Å². The zero-order chi connectivity index (χ0) is 18.5. The van der Waals surface area contributed by atoms with Crippen LogP contribution in [-0.4, -0.2) is 37.6 Å². The van der Waals surface area contributed by atoms with Gasteiger partial charge in [0, 0.05) is 12.1 Å². The molecule has 1 aromatic carbocycles. The summed E-state index contributed by atoms with van der Waals surface area (Å²) in [4.78, 5) is 14.9. The minimum atomic E-state index is -0.0775. The Morgan fingerprint density at radius 3 is 2.50 bits per heavy atom. The molecule has 1 aliphatic heterocycles. The number of carbonyl (C=O) groups is 1. The Hall–Kier alpha value is -2.27. The molecule has 0 radical (unpaired) electrons. The average molecular weight is 356 g/mol. The maximum Gasteiger partial charge on any atom is 0.251 e. The van der Waals surface area contributed by atoms with Crippen LogP contribution in [0.5, 0.6) is 5.75 Å². The second-order valence-electron chi connectivity index (χ2n) is 7.12. The lowest BCUT2D eigenvalue weighted by Crippen LogP contribution is -2.41. The van der Waals surface area contributed by atoms with Crippen molar-refractivity contribution < 1.29 is 13.9 Å². The van der Waals surface area contributed by atoms with E-state index in [1.807, 2.05) is 19.1 Å². The number of hydrogen-bond acceptors (Lipinski definition) is 4. The van der Waals surface area contributed by atoms with E-state index in [4.69, 9.17) is 9.15 Å². The van der Waals surface area contributed by atoms with E-state index in [1.54, 1.807) is 31.4 Å². The first-order valence-electron chi connectivity index (χ1n) is 9.29. The molecule has 0 bridgehead atoms. The molecule has 1 aliphatic rings. The van der Waals surface area contributed by atoms with Gasteiger partial charge in [-0.05, 0) is 75.2 Å². The predicted molar refractivity (Wildman–Crippen MR) is 101 cm³/mol. The molecule has 1 aromatic heterocycles. The normalized spacial score (nSPS) is 17.0. The number of methoxy groups -OCH3 is 1. The molecule has 1 atom stereocenters. The molecule has 1 fully saturated rings. The minimum absolute atomic E-state index is 0.0680. The van der Waals surface area contributed by atoms with Gasteiger partial charge in [0.25, 0.3) is 5.91 Å². The van der Waals surface area contributed by atoms with Crippen LogP contribution in [0, 0.1) is 12.8 Å². The molecule has 1 N–H and O–H groups in total. The van der Waals surface area contributed by atoms with Gasteiger partial charge in [0.05, 0.1) is 13.2 Å². The summed E-state index contributed by atoms with van der Waals surface area (Å²) >= 11 is 0. The van der Waals surface area contributed by atoms with Crippen LogP contribution >= 0.6 is 0 Å². The number of piperidine rings is 1. The van der Waals surface area contributed by atoms with Gasteiger partial charge in [0.2, 0.25) is 0 Å². The fourth-order valence-electron chi connectivity index (χ4n) is 3.42. The van der Waals surface area contributed by atoms with Crippen LogP contribution in [0.15, 0.2) is 40.8 Å². The number of benzene rings is 1. The second-order valence-corrected chi connectivity index (χ2v) is 7.12. The highest BCUT2D eigenvalue weighted by molar-refractivity contribution is 5.94. The molecule has 140 valence electrons. The van der Waals surface area contributed by atoms with Crippen LogP contribution in [0.1, 0.15) is 47.7 Å². The first-order chi connectivity index (χ1) is 12.6. The largest absolute Gasteiger partial charge is 0.497 e.